The normalized spacial score (nSPS) is 9.53. The molecule has 2 nitrogen and oxygen atoms in total. The molecule has 0 saturated heterocycles. The van der Waals surface area contributed by atoms with Crippen LogP contribution in [0.25, 0.3) is 0 Å². The number of aryl methyl sites for hydroxylation is 1. The van der Waals surface area contributed by atoms with Crippen LogP contribution in [0.2, 0.25) is 0 Å². The van der Waals surface area contributed by atoms with Gasteiger partial charge in [-0.25, -0.2) is 0 Å². The zero-order chi connectivity index (χ0) is 13.0. The third-order valence-electron chi connectivity index (χ3n) is 2.47. The molecule has 19 heavy (non-hydrogen) atoms. The van der Waals surface area contributed by atoms with Gasteiger partial charge in [0, 0.05) is 36.5 Å². The average molecular weight is 442 g/mol. The quantitative estimate of drug-likeness (QED) is 0.414. The van der Waals surface area contributed by atoms with Gasteiger partial charge in [0.1, 0.15) is 0 Å². The summed E-state index contributed by atoms with van der Waals surface area (Å²) in [6.07, 6.45) is 1.36. The van der Waals surface area contributed by atoms with E-state index in [1.54, 1.807) is 23.9 Å². The summed E-state index contributed by atoms with van der Waals surface area (Å²) in [5.74, 6) is -0.609. The summed E-state index contributed by atoms with van der Waals surface area (Å²) in [4.78, 5) is 23.5. The van der Waals surface area contributed by atoms with E-state index in [-0.39, 0.29) is 20.4 Å². The van der Waals surface area contributed by atoms with Gasteiger partial charge >= 0.3 is 0 Å². The fourth-order valence-corrected chi connectivity index (χ4v) is 2.29. The first kappa shape index (κ1) is 15.8. The standard InChI is InChI=1S/C15H11O2S.Re/c1-11-2-6-13(7-3-11)18-14-8-4-12(5-9-14)15(17)10-16;/h2-9H,1H3;/q-1;. The molecule has 0 saturated carbocycles. The van der Waals surface area contributed by atoms with Crippen LogP contribution >= 0.6 is 11.8 Å². The van der Waals surface area contributed by atoms with Crippen molar-refractivity contribution in [2.75, 3.05) is 0 Å². The van der Waals surface area contributed by atoms with Crippen molar-refractivity contribution >= 4 is 23.8 Å². The maximum atomic E-state index is 11.1. The first-order valence-electron chi connectivity index (χ1n) is 5.46. The van der Waals surface area contributed by atoms with E-state index in [1.807, 2.05) is 19.1 Å². The molecule has 0 aliphatic heterocycles. The topological polar surface area (TPSA) is 34.1 Å². The summed E-state index contributed by atoms with van der Waals surface area (Å²) in [5, 5.41) is 0. The molecule has 0 fully saturated rings. The number of carbonyl (C=O) groups is 1. The second-order valence-electron chi connectivity index (χ2n) is 3.87. The van der Waals surface area contributed by atoms with Gasteiger partial charge in [-0.15, -0.1) is 17.7 Å². The molecule has 0 aliphatic rings. The summed E-state index contributed by atoms with van der Waals surface area (Å²) in [5.41, 5.74) is 1.60. The minimum atomic E-state index is -0.609. The molecule has 0 spiro atoms. The number of carbonyl (C=O) groups excluding carboxylic acids is 2. The Morgan fingerprint density at radius 2 is 1.42 bits per heavy atom. The Morgan fingerprint density at radius 1 is 0.947 bits per heavy atom. The molecular weight excluding hydrogens is 430 g/mol. The van der Waals surface area contributed by atoms with Crippen molar-refractivity contribution in [2.45, 2.75) is 16.7 Å². The van der Waals surface area contributed by atoms with Crippen LogP contribution in [0.15, 0.2) is 58.3 Å². The summed E-state index contributed by atoms with van der Waals surface area (Å²) in [6.45, 7) is 2.05. The number of hydrogen-bond donors (Lipinski definition) is 0. The SMILES string of the molecule is Cc1ccc(Sc2ccc(C(=O)[C-]=O)cc2)cc1.[Re]. The van der Waals surface area contributed by atoms with E-state index >= 15 is 0 Å². The van der Waals surface area contributed by atoms with Gasteiger partial charge in [0.2, 0.25) is 0 Å². The van der Waals surface area contributed by atoms with E-state index in [0.717, 1.165) is 9.79 Å². The molecule has 0 amide bonds. The Bertz CT molecular complexity index is 562. The van der Waals surface area contributed by atoms with Crippen LogP contribution < -0.4 is 0 Å². The van der Waals surface area contributed by atoms with Gasteiger partial charge in [0.05, 0.1) is 5.78 Å². The molecule has 0 bridgehead atoms. The van der Waals surface area contributed by atoms with Gasteiger partial charge in [-0.1, -0.05) is 41.6 Å². The number of Topliss-reactive ketones (excluding diaryl/α,β-unsaturated/α-hetero) is 1. The van der Waals surface area contributed by atoms with E-state index in [4.69, 9.17) is 0 Å². The second-order valence-corrected chi connectivity index (χ2v) is 5.02. The molecule has 0 unspecified atom stereocenters. The molecule has 0 aromatic heterocycles. The zero-order valence-electron chi connectivity index (χ0n) is 10.2. The van der Waals surface area contributed by atoms with Crippen molar-refractivity contribution in [3.63, 3.8) is 0 Å². The Kier molecular flexibility index (Phi) is 6.17. The predicted molar refractivity (Wildman–Crippen MR) is 71.8 cm³/mol. The molecule has 2 rings (SSSR count). The largest absolute Gasteiger partial charge is 0.415 e. The third kappa shape index (κ3) is 4.43. The fraction of sp³-hybridized carbons (Fsp3) is 0.0667. The van der Waals surface area contributed by atoms with Gasteiger partial charge < -0.3 is 9.59 Å². The van der Waals surface area contributed by atoms with E-state index in [9.17, 15) is 9.59 Å². The van der Waals surface area contributed by atoms with E-state index in [0.29, 0.717) is 5.56 Å². The Labute approximate surface area is 130 Å². The number of rotatable bonds is 4. The molecule has 0 aliphatic carbocycles. The van der Waals surface area contributed by atoms with Crippen molar-refractivity contribution in [2.24, 2.45) is 0 Å². The molecule has 97 valence electrons. The molecule has 0 atom stereocenters. The van der Waals surface area contributed by atoms with E-state index < -0.39 is 5.78 Å². The molecular formula is C15H11O2ReS-. The van der Waals surface area contributed by atoms with Crippen LogP contribution in [-0.2, 0) is 25.2 Å². The molecule has 1 radical (unpaired) electrons. The fourth-order valence-electron chi connectivity index (χ4n) is 1.48. The first-order chi connectivity index (χ1) is 8.69. The smallest absolute Gasteiger partial charge is 0.0585 e. The summed E-state index contributed by atoms with van der Waals surface area (Å²) >= 11 is 1.61. The zero-order valence-corrected chi connectivity index (χ0v) is 13.8. The molecule has 0 N–H and O–H groups in total. The van der Waals surface area contributed by atoms with Crippen molar-refractivity contribution < 1.29 is 30.0 Å². The van der Waals surface area contributed by atoms with Gasteiger partial charge in [-0.2, -0.15) is 0 Å². The van der Waals surface area contributed by atoms with Crippen molar-refractivity contribution in [1.29, 1.82) is 0 Å². The van der Waals surface area contributed by atoms with Crippen LogP contribution in [0.4, 0.5) is 0 Å². The van der Waals surface area contributed by atoms with E-state index in [1.165, 1.54) is 11.8 Å². The minimum Gasteiger partial charge on any atom is -0.415 e. The van der Waals surface area contributed by atoms with Crippen molar-refractivity contribution in [1.82, 2.24) is 0 Å². The maximum Gasteiger partial charge on any atom is 0.0585 e. The van der Waals surface area contributed by atoms with Crippen molar-refractivity contribution in [3.8, 4) is 0 Å². The summed E-state index contributed by atoms with van der Waals surface area (Å²) in [7, 11) is 0. The molecule has 0 heterocycles. The Morgan fingerprint density at radius 3 is 1.89 bits per heavy atom. The van der Waals surface area contributed by atoms with Crippen LogP contribution in [-0.4, -0.2) is 12.1 Å². The number of benzene rings is 2. The molecule has 4 heteroatoms. The van der Waals surface area contributed by atoms with Gasteiger partial charge in [0.25, 0.3) is 0 Å². The van der Waals surface area contributed by atoms with E-state index in [2.05, 4.69) is 24.3 Å². The predicted octanol–water partition coefficient (Wildman–Crippen LogP) is 3.44. The third-order valence-corrected chi connectivity index (χ3v) is 3.48. The second kappa shape index (κ2) is 7.40. The number of ketones is 1. The van der Waals surface area contributed by atoms with Crippen LogP contribution in [0, 0.1) is 6.92 Å². The minimum absolute atomic E-state index is 0. The van der Waals surface area contributed by atoms with Crippen LogP contribution in [0.1, 0.15) is 15.9 Å². The molecule has 2 aromatic rings. The monoisotopic (exact) mass is 442 g/mol. The Hall–Kier alpha value is -1.21. The van der Waals surface area contributed by atoms with Crippen molar-refractivity contribution in [3.05, 3.63) is 59.7 Å². The molecule has 2 aromatic carbocycles. The van der Waals surface area contributed by atoms with Crippen LogP contribution in [0.3, 0.4) is 0 Å². The first-order valence-corrected chi connectivity index (χ1v) is 6.28. The average Bonchev–Trinajstić information content (AvgIpc) is 2.41. The Balaban J connectivity index is 0.00000180. The van der Waals surface area contributed by atoms with Gasteiger partial charge in [-0.3, -0.25) is 0 Å². The van der Waals surface area contributed by atoms with Gasteiger partial charge in [0.15, 0.2) is 0 Å². The van der Waals surface area contributed by atoms with Crippen LogP contribution in [0.5, 0.6) is 0 Å². The maximum absolute atomic E-state index is 11.1. The summed E-state index contributed by atoms with van der Waals surface area (Å²) < 4.78 is 0. The number of hydrogen-bond acceptors (Lipinski definition) is 3. The van der Waals surface area contributed by atoms with Gasteiger partial charge in [-0.05, 0) is 19.1 Å². The summed E-state index contributed by atoms with van der Waals surface area (Å²) in [6, 6.07) is 15.2.